The lowest BCUT2D eigenvalue weighted by atomic mass is 9.52. The van der Waals surface area contributed by atoms with E-state index in [2.05, 4.69) is 27.5 Å². The Morgan fingerprint density at radius 3 is 2.38 bits per heavy atom. The molecule has 0 radical (unpaired) electrons. The molecule has 11 atom stereocenters. The Morgan fingerprint density at radius 2 is 1.63 bits per heavy atom. The number of hydrogen-bond acceptors (Lipinski definition) is 13. The fourth-order valence-electron chi connectivity index (χ4n) is 14.8. The number of phenols is 1. The van der Waals surface area contributed by atoms with Crippen LogP contribution in [0.4, 0.5) is 0 Å². The number of guanidine groups is 1. The smallest absolute Gasteiger partial charge is 0.243 e. The van der Waals surface area contributed by atoms with Crippen molar-refractivity contribution in [2.45, 2.75) is 171 Å². The summed E-state index contributed by atoms with van der Waals surface area (Å²) in [6, 6.07) is 19.0. The van der Waals surface area contributed by atoms with Gasteiger partial charge in [0.15, 0.2) is 17.5 Å². The summed E-state index contributed by atoms with van der Waals surface area (Å²) in [5.74, 6) is 1.33. The lowest BCUT2D eigenvalue weighted by Gasteiger charge is -2.56. The minimum atomic E-state index is -2.12. The number of phenolic OH excluding ortho intramolecular Hbond substituents is 1. The summed E-state index contributed by atoms with van der Waals surface area (Å²) >= 11 is 0. The van der Waals surface area contributed by atoms with Crippen molar-refractivity contribution in [1.82, 2.24) is 10.6 Å². The number of nitrogens with two attached hydrogens (primary N) is 3. The summed E-state index contributed by atoms with van der Waals surface area (Å²) in [6.45, 7) is 5.84. The normalized spacial score (nSPS) is 30.7. The molecule has 3 fully saturated rings. The van der Waals surface area contributed by atoms with Gasteiger partial charge in [-0.1, -0.05) is 114 Å². The number of aliphatic imine (C=N–C) groups is 1. The van der Waals surface area contributed by atoms with Gasteiger partial charge >= 0.3 is 0 Å². The van der Waals surface area contributed by atoms with Gasteiger partial charge < -0.3 is 63.0 Å². The Hall–Kier alpha value is -6.23. The van der Waals surface area contributed by atoms with E-state index in [-0.39, 0.29) is 75.9 Å². The number of ether oxygens (including phenoxy) is 1. The second-order valence-corrected chi connectivity index (χ2v) is 24.9. The Morgan fingerprint density at radius 1 is 0.893 bits per heavy atom. The largest absolute Gasteiger partial charge is 0.508 e. The van der Waals surface area contributed by atoms with E-state index in [1.807, 2.05) is 74.5 Å². The van der Waals surface area contributed by atoms with Gasteiger partial charge in [0.05, 0.1) is 30.5 Å². The van der Waals surface area contributed by atoms with Crippen LogP contribution in [0.1, 0.15) is 156 Å². The van der Waals surface area contributed by atoms with E-state index >= 15 is 4.79 Å². The first-order valence-electron chi connectivity index (χ1n) is 30.2. The van der Waals surface area contributed by atoms with E-state index in [0.29, 0.717) is 66.4 Å². The summed E-state index contributed by atoms with van der Waals surface area (Å²) in [5, 5.41) is 91.0. The number of Topliss-reactive ketones (excluding diaryl/α,β-unsaturated/α-hetero) is 1. The van der Waals surface area contributed by atoms with Gasteiger partial charge in [-0.3, -0.25) is 19.9 Å². The number of carbonyl (C=O) groups is 2. The highest BCUT2D eigenvalue weighted by Crippen LogP contribution is 2.63. The number of nitrogens with zero attached hydrogens (tertiary/aromatic N) is 1. The third-order valence-electron chi connectivity index (χ3n) is 19.4. The number of carbonyl (C=O) groups excluding carboxylic acids is 2. The number of amides is 1. The summed E-state index contributed by atoms with van der Waals surface area (Å²) in [4.78, 5) is 33.9. The molecule has 3 aromatic carbocycles. The summed E-state index contributed by atoms with van der Waals surface area (Å²) < 4.78 is 6.26. The lowest BCUT2D eigenvalue weighted by Crippen LogP contribution is -2.59. The molecule has 2 bridgehead atoms. The second-order valence-electron chi connectivity index (χ2n) is 24.9. The number of ketones is 1. The number of fused-ring (bicyclic) bond motifs is 4. The van der Waals surface area contributed by atoms with Crippen LogP contribution in [0.2, 0.25) is 0 Å². The molecule has 3 aliphatic heterocycles. The predicted octanol–water partition coefficient (Wildman–Crippen LogP) is 6.61. The van der Waals surface area contributed by atoms with Crippen molar-refractivity contribution in [3.63, 3.8) is 0 Å². The van der Waals surface area contributed by atoms with Gasteiger partial charge in [0.2, 0.25) is 5.91 Å². The van der Waals surface area contributed by atoms with Crippen molar-refractivity contribution < 1.29 is 50.1 Å². The molecular formula is C68H88N6O10. The highest BCUT2D eigenvalue weighted by atomic mass is 16.5. The Balaban J connectivity index is 1.12. The van der Waals surface area contributed by atoms with Crippen molar-refractivity contribution in [1.29, 1.82) is 0 Å². The molecule has 9 rings (SSSR count). The average Bonchev–Trinajstić information content (AvgIpc) is 1.49. The van der Waals surface area contributed by atoms with E-state index in [4.69, 9.17) is 21.9 Å². The SMILES string of the molecule is CC1=CCC(O)(O)C(=C2CCCCC2)C=CC=C(C2CCC3(C4CCC(O)Cc5cccc(c5)CC(C(CN=C(N)N)c5ccc(O)cc5)C(O)CNC5C(=O)NC(N)c6cccc(c65)CC(=O)C(C)=C4CCC3(C)O)C2O)COCC#CC1. The molecule has 3 aromatic rings. The third-order valence-corrected chi connectivity index (χ3v) is 19.4. The number of allylic oxidation sites excluding steroid dienone is 6. The molecule has 16 nitrogen and oxygen atoms in total. The molecule has 3 saturated carbocycles. The maximum atomic E-state index is 15.3. The molecule has 3 heterocycles. The number of β-amino-alcohol motifs (C(OH)–C–C–N with tert-alkyl or cyclic N) is 1. The second kappa shape index (κ2) is 27.0. The maximum absolute atomic E-state index is 15.3. The Labute approximate surface area is 494 Å². The molecule has 11 unspecified atom stereocenters. The van der Waals surface area contributed by atoms with Crippen LogP contribution < -0.4 is 27.8 Å². The number of aliphatic hydroxyl groups is 6. The van der Waals surface area contributed by atoms with Gasteiger partial charge in [-0.05, 0) is 166 Å². The molecule has 15 N–H and O–H groups in total. The number of rotatable bonds is 5. The van der Waals surface area contributed by atoms with Gasteiger partial charge in [0, 0.05) is 55.2 Å². The van der Waals surface area contributed by atoms with Crippen LogP contribution in [0.5, 0.6) is 5.75 Å². The quantitative estimate of drug-likeness (QED) is 0.0421. The molecule has 0 aromatic heterocycles. The van der Waals surface area contributed by atoms with Gasteiger partial charge in [0.25, 0.3) is 0 Å². The number of nitrogens with one attached hydrogen (secondary N) is 2. The standard InChI is InChI=1S/C68H88N6O10/c1-41-12-7-8-33-84-40-48(18-11-20-56(68(82,83)32-27-41)46-15-5-4-6-16-46)52-29-31-67(62(52)79)57-26-25-50(76)35-43-13-9-14-44(34-43)36-54(55(38-73-65(70)71)45-21-23-49(75)24-22-45)59(78)39-72-61-60-47(17-10-19-53(60)63(69)74-64(61)80)37-58(77)42(2)51(57)28-30-66(67,3)81/h9-11,13-14,17-24,27,34,50,52,54-55,57,59,61-63,72,75-76,78-79,81-83H,4-6,12,15-16,25-26,28-33,35-40,69H2,1-3H3,(H,74,80)(H4,70,71,73). The highest BCUT2D eigenvalue weighted by molar-refractivity contribution is 5.98. The fourth-order valence-corrected chi connectivity index (χ4v) is 14.8. The molecule has 1 amide bonds. The molecule has 0 saturated heterocycles. The number of aliphatic hydroxyl groups excluding tert-OH is 3. The van der Waals surface area contributed by atoms with Crippen LogP contribution in [0.25, 0.3) is 0 Å². The first-order chi connectivity index (χ1) is 40.2. The van der Waals surface area contributed by atoms with Crippen molar-refractivity contribution in [2.75, 3.05) is 26.3 Å². The molecule has 6 aliphatic rings. The summed E-state index contributed by atoms with van der Waals surface area (Å²) in [5.41, 5.74) is 24.6. The van der Waals surface area contributed by atoms with Crippen LogP contribution >= 0.6 is 0 Å². The Bertz CT molecular complexity index is 3130. The summed E-state index contributed by atoms with van der Waals surface area (Å²) in [7, 11) is 0. The lowest BCUT2D eigenvalue weighted by molar-refractivity contribution is -0.168. The van der Waals surface area contributed by atoms with E-state index in [1.165, 1.54) is 0 Å². The van der Waals surface area contributed by atoms with E-state index in [9.17, 15) is 40.5 Å². The van der Waals surface area contributed by atoms with Crippen molar-refractivity contribution in [3.05, 3.63) is 158 Å². The minimum Gasteiger partial charge on any atom is -0.508 e. The zero-order chi connectivity index (χ0) is 59.9. The number of benzene rings is 3. The van der Waals surface area contributed by atoms with E-state index in [1.54, 1.807) is 37.3 Å². The average molecular weight is 1150 g/mol. The van der Waals surface area contributed by atoms with Crippen molar-refractivity contribution >= 4 is 17.6 Å². The van der Waals surface area contributed by atoms with Gasteiger partial charge in [-0.25, -0.2) is 0 Å². The van der Waals surface area contributed by atoms with Crippen molar-refractivity contribution in [3.8, 4) is 17.6 Å². The van der Waals surface area contributed by atoms with Gasteiger partial charge in [-0.15, -0.1) is 0 Å². The predicted molar refractivity (Wildman–Crippen MR) is 324 cm³/mol. The molecule has 450 valence electrons. The maximum Gasteiger partial charge on any atom is 0.243 e. The molecule has 1 spiro atoms. The Kier molecular flexibility index (Phi) is 20.0. The number of aromatic hydroxyl groups is 1. The molecule has 84 heavy (non-hydrogen) atoms. The molecule has 3 aliphatic carbocycles. The fraction of sp³-hybridized carbons (Fsp3) is 0.515. The van der Waals surface area contributed by atoms with Crippen LogP contribution in [-0.4, -0.2) is 109 Å². The minimum absolute atomic E-state index is 0.00412. The highest BCUT2D eigenvalue weighted by Gasteiger charge is 2.64. The monoisotopic (exact) mass is 1150 g/mol. The first-order valence-corrected chi connectivity index (χ1v) is 30.2. The van der Waals surface area contributed by atoms with Crippen LogP contribution in [0, 0.1) is 35.0 Å². The third kappa shape index (κ3) is 13.9. The van der Waals surface area contributed by atoms with Crippen LogP contribution in [-0.2, 0) is 33.6 Å². The topological polar surface area (TPSA) is 299 Å². The number of hydrogen-bond donors (Lipinski definition) is 12. The zero-order valence-electron chi connectivity index (χ0n) is 49.0. The van der Waals surface area contributed by atoms with Gasteiger partial charge in [-0.2, -0.15) is 0 Å². The molecule has 16 heteroatoms. The zero-order valence-corrected chi connectivity index (χ0v) is 49.0. The van der Waals surface area contributed by atoms with Crippen LogP contribution in [0.15, 0.2) is 129 Å². The van der Waals surface area contributed by atoms with E-state index in [0.717, 1.165) is 71.1 Å². The van der Waals surface area contributed by atoms with E-state index < -0.39 is 76.9 Å². The van der Waals surface area contributed by atoms with Crippen LogP contribution in [0.3, 0.4) is 0 Å². The molecular weight excluding hydrogens is 1060 g/mol. The van der Waals surface area contributed by atoms with Crippen molar-refractivity contribution in [2.24, 2.45) is 45.4 Å². The first kappa shape index (κ1) is 62.3. The summed E-state index contributed by atoms with van der Waals surface area (Å²) in [6.07, 6.45) is 11.0. The van der Waals surface area contributed by atoms with Gasteiger partial charge in [0.1, 0.15) is 24.6 Å².